The Morgan fingerprint density at radius 2 is 1.65 bits per heavy atom. The minimum atomic E-state index is -1.09. The van der Waals surface area contributed by atoms with Crippen LogP contribution in [0.15, 0.2) is 54.6 Å². The van der Waals surface area contributed by atoms with Crippen molar-refractivity contribution in [2.24, 2.45) is 0 Å². The molecule has 2 aromatic carbocycles. The summed E-state index contributed by atoms with van der Waals surface area (Å²) in [4.78, 5) is 23.2. The van der Waals surface area contributed by atoms with Gasteiger partial charge in [0.15, 0.2) is 0 Å². The molecule has 0 fully saturated rings. The van der Waals surface area contributed by atoms with Crippen LogP contribution >= 0.6 is 11.8 Å². The van der Waals surface area contributed by atoms with E-state index in [1.165, 1.54) is 12.1 Å². The lowest BCUT2D eigenvalue weighted by Gasteiger charge is -2.14. The second-order valence-electron chi connectivity index (χ2n) is 4.97. The minimum Gasteiger partial charge on any atom is -0.508 e. The van der Waals surface area contributed by atoms with Crippen LogP contribution in [0.5, 0.6) is 5.75 Å². The van der Waals surface area contributed by atoms with Crippen LogP contribution in [0.25, 0.3) is 0 Å². The maximum atomic E-state index is 11.9. The van der Waals surface area contributed by atoms with E-state index in [0.29, 0.717) is 5.75 Å². The van der Waals surface area contributed by atoms with Crippen molar-refractivity contribution in [3.63, 3.8) is 0 Å². The number of hydrogen-bond acceptors (Lipinski definition) is 4. The van der Waals surface area contributed by atoms with Crippen molar-refractivity contribution in [1.82, 2.24) is 5.32 Å². The first kappa shape index (κ1) is 16.9. The quantitative estimate of drug-likeness (QED) is 0.757. The molecular formula is C17H17NO4S. The summed E-state index contributed by atoms with van der Waals surface area (Å²) in [6, 6.07) is 14.7. The van der Waals surface area contributed by atoms with Crippen molar-refractivity contribution >= 4 is 23.0 Å². The van der Waals surface area contributed by atoms with E-state index in [1.807, 2.05) is 30.3 Å². The highest BCUT2D eigenvalue weighted by Gasteiger charge is 2.20. The van der Waals surface area contributed by atoms with E-state index in [9.17, 15) is 19.8 Å². The van der Waals surface area contributed by atoms with Gasteiger partial charge in [-0.1, -0.05) is 54.2 Å². The zero-order chi connectivity index (χ0) is 16.7. The average Bonchev–Trinajstić information content (AvgIpc) is 2.55. The maximum absolute atomic E-state index is 11.9. The van der Waals surface area contributed by atoms with Crippen LogP contribution < -0.4 is 5.32 Å². The molecule has 2 rings (SSSR count). The number of phenolic OH excluding ortho intramolecular Hbond substituents is 1. The van der Waals surface area contributed by atoms with Gasteiger partial charge >= 0.3 is 5.97 Å². The van der Waals surface area contributed by atoms with Gasteiger partial charge in [-0.15, -0.1) is 0 Å². The van der Waals surface area contributed by atoms with Crippen molar-refractivity contribution < 1.29 is 19.8 Å². The van der Waals surface area contributed by atoms with Crippen LogP contribution in [0, 0.1) is 0 Å². The monoisotopic (exact) mass is 331 g/mol. The van der Waals surface area contributed by atoms with Gasteiger partial charge in [-0.25, -0.2) is 4.79 Å². The SMILES string of the molecule is O=C(N[C@@H](Cc1ccc(O)cc1)C(=O)O)SCc1ccccc1. The van der Waals surface area contributed by atoms with Crippen LogP contribution in [0.2, 0.25) is 0 Å². The summed E-state index contributed by atoms with van der Waals surface area (Å²) < 4.78 is 0. The Morgan fingerprint density at radius 1 is 1.00 bits per heavy atom. The molecule has 0 saturated heterocycles. The van der Waals surface area contributed by atoms with E-state index in [1.54, 1.807) is 12.1 Å². The normalized spacial score (nSPS) is 11.7. The molecule has 120 valence electrons. The fraction of sp³-hybridized carbons (Fsp3) is 0.176. The molecule has 1 amide bonds. The van der Waals surface area contributed by atoms with E-state index in [-0.39, 0.29) is 17.4 Å². The molecule has 0 aliphatic carbocycles. The number of hydrogen-bond donors (Lipinski definition) is 3. The topological polar surface area (TPSA) is 86.6 Å². The first-order chi connectivity index (χ1) is 11.0. The van der Waals surface area contributed by atoms with Gasteiger partial charge in [-0.05, 0) is 23.3 Å². The number of aliphatic carboxylic acids is 1. The maximum Gasteiger partial charge on any atom is 0.326 e. The summed E-state index contributed by atoms with van der Waals surface area (Å²) in [5.74, 6) is -0.493. The summed E-state index contributed by atoms with van der Waals surface area (Å²) in [5.41, 5.74) is 1.72. The number of nitrogens with one attached hydrogen (secondary N) is 1. The number of carbonyl (C=O) groups is 2. The van der Waals surface area contributed by atoms with Crippen LogP contribution in [0.1, 0.15) is 11.1 Å². The summed E-state index contributed by atoms with van der Waals surface area (Å²) in [6.07, 6.45) is 0.160. The first-order valence-corrected chi connectivity index (χ1v) is 8.01. The fourth-order valence-corrected chi connectivity index (χ4v) is 2.69. The van der Waals surface area contributed by atoms with Crippen LogP contribution in [0.4, 0.5) is 4.79 Å². The Labute approximate surface area is 138 Å². The highest BCUT2D eigenvalue weighted by molar-refractivity contribution is 8.12. The molecule has 0 aliphatic rings. The molecule has 0 heterocycles. The van der Waals surface area contributed by atoms with Crippen molar-refractivity contribution in [2.75, 3.05) is 0 Å². The van der Waals surface area contributed by atoms with E-state index in [0.717, 1.165) is 22.9 Å². The van der Waals surface area contributed by atoms with Gasteiger partial charge in [0.2, 0.25) is 0 Å². The molecule has 0 bridgehead atoms. The predicted octanol–water partition coefficient (Wildman–Crippen LogP) is 3.03. The molecule has 0 aliphatic heterocycles. The summed E-state index contributed by atoms with van der Waals surface area (Å²) in [6.45, 7) is 0. The molecular weight excluding hydrogens is 314 g/mol. The number of thioether (sulfide) groups is 1. The molecule has 0 saturated carbocycles. The Bertz CT molecular complexity index is 658. The van der Waals surface area contributed by atoms with Gasteiger partial charge in [-0.3, -0.25) is 4.79 Å². The largest absolute Gasteiger partial charge is 0.508 e. The zero-order valence-corrected chi connectivity index (χ0v) is 13.1. The molecule has 0 unspecified atom stereocenters. The smallest absolute Gasteiger partial charge is 0.326 e. The lowest BCUT2D eigenvalue weighted by atomic mass is 10.1. The number of aromatic hydroxyl groups is 1. The molecule has 0 spiro atoms. The average molecular weight is 331 g/mol. The third kappa shape index (κ3) is 5.67. The highest BCUT2D eigenvalue weighted by atomic mass is 32.2. The Kier molecular flexibility index (Phi) is 6.05. The van der Waals surface area contributed by atoms with Gasteiger partial charge < -0.3 is 15.5 Å². The summed E-state index contributed by atoms with van der Waals surface area (Å²) in [5, 5.41) is 20.6. The van der Waals surface area contributed by atoms with Crippen LogP contribution in [-0.4, -0.2) is 27.5 Å². The molecule has 2 aromatic rings. The number of rotatable bonds is 6. The molecule has 0 radical (unpaired) electrons. The minimum absolute atomic E-state index is 0.114. The van der Waals surface area contributed by atoms with E-state index >= 15 is 0 Å². The van der Waals surface area contributed by atoms with Crippen molar-refractivity contribution in [1.29, 1.82) is 0 Å². The number of carboxylic acids is 1. The van der Waals surface area contributed by atoms with Crippen LogP contribution in [0.3, 0.4) is 0 Å². The standard InChI is InChI=1S/C17H17NO4S/c19-14-8-6-12(7-9-14)10-15(16(20)21)18-17(22)23-11-13-4-2-1-3-5-13/h1-9,15,19H,10-11H2,(H,18,22)(H,20,21)/t15-/m0/s1. The molecule has 0 aromatic heterocycles. The number of carbonyl (C=O) groups excluding carboxylic acids is 1. The van der Waals surface area contributed by atoms with E-state index < -0.39 is 12.0 Å². The van der Waals surface area contributed by atoms with Gasteiger partial charge in [0, 0.05) is 12.2 Å². The third-order valence-corrected chi connectivity index (χ3v) is 4.04. The van der Waals surface area contributed by atoms with Gasteiger partial charge in [0.25, 0.3) is 5.24 Å². The van der Waals surface area contributed by atoms with Gasteiger partial charge in [-0.2, -0.15) is 0 Å². The Morgan fingerprint density at radius 3 is 2.26 bits per heavy atom. The van der Waals surface area contributed by atoms with Gasteiger partial charge in [0.1, 0.15) is 11.8 Å². The summed E-state index contributed by atoms with van der Waals surface area (Å²) in [7, 11) is 0. The Balaban J connectivity index is 1.89. The lowest BCUT2D eigenvalue weighted by molar-refractivity contribution is -0.139. The number of benzene rings is 2. The highest BCUT2D eigenvalue weighted by Crippen LogP contribution is 2.15. The van der Waals surface area contributed by atoms with Crippen molar-refractivity contribution in [3.05, 3.63) is 65.7 Å². The molecule has 5 nitrogen and oxygen atoms in total. The fourth-order valence-electron chi connectivity index (χ4n) is 1.97. The van der Waals surface area contributed by atoms with Crippen LogP contribution in [-0.2, 0) is 17.0 Å². The second-order valence-corrected chi connectivity index (χ2v) is 5.92. The predicted molar refractivity (Wildman–Crippen MR) is 89.5 cm³/mol. The molecule has 23 heavy (non-hydrogen) atoms. The summed E-state index contributed by atoms with van der Waals surface area (Å²) >= 11 is 1.03. The van der Waals surface area contributed by atoms with Crippen molar-refractivity contribution in [3.8, 4) is 5.75 Å². The van der Waals surface area contributed by atoms with E-state index in [4.69, 9.17) is 0 Å². The molecule has 1 atom stereocenters. The molecule has 3 N–H and O–H groups in total. The lowest BCUT2D eigenvalue weighted by Crippen LogP contribution is -2.40. The first-order valence-electron chi connectivity index (χ1n) is 7.02. The number of phenols is 1. The van der Waals surface area contributed by atoms with Gasteiger partial charge in [0.05, 0.1) is 0 Å². The zero-order valence-electron chi connectivity index (χ0n) is 12.3. The van der Waals surface area contributed by atoms with E-state index in [2.05, 4.69) is 5.32 Å². The third-order valence-electron chi connectivity index (χ3n) is 3.18. The Hall–Kier alpha value is -2.47. The molecule has 6 heteroatoms. The number of carboxylic acid groups (broad SMARTS) is 1. The number of amides is 1. The second kappa shape index (κ2) is 8.24. The van der Waals surface area contributed by atoms with Crippen molar-refractivity contribution in [2.45, 2.75) is 18.2 Å².